The number of rotatable bonds is 9. The quantitative estimate of drug-likeness (QED) is 0.639. The first kappa shape index (κ1) is 21.8. The van der Waals surface area contributed by atoms with E-state index in [4.69, 9.17) is 4.74 Å². The second-order valence-electron chi connectivity index (χ2n) is 7.91. The summed E-state index contributed by atoms with van der Waals surface area (Å²) >= 11 is 0. The molecule has 0 bridgehead atoms. The number of hydrogen-bond acceptors (Lipinski definition) is 5. The molecule has 162 valence electrons. The van der Waals surface area contributed by atoms with E-state index in [-0.39, 0.29) is 30.5 Å². The molecular weight excluding hydrogens is 382 g/mol. The van der Waals surface area contributed by atoms with Gasteiger partial charge in [-0.2, -0.15) is 0 Å². The monoisotopic (exact) mass is 413 g/mol. The van der Waals surface area contributed by atoms with Crippen molar-refractivity contribution in [3.63, 3.8) is 0 Å². The summed E-state index contributed by atoms with van der Waals surface area (Å²) in [5.74, 6) is 0.493. The fourth-order valence-corrected chi connectivity index (χ4v) is 3.90. The molecule has 30 heavy (non-hydrogen) atoms. The number of carbonyl (C=O) groups excluding carboxylic acids is 2. The summed E-state index contributed by atoms with van der Waals surface area (Å²) in [5, 5.41) is 10.4. The predicted octanol–water partition coefficient (Wildman–Crippen LogP) is 2.66. The smallest absolute Gasteiger partial charge is 0.260 e. The van der Waals surface area contributed by atoms with E-state index in [1.807, 2.05) is 9.47 Å². The van der Waals surface area contributed by atoms with E-state index in [2.05, 4.69) is 29.4 Å². The molecule has 0 spiro atoms. The van der Waals surface area contributed by atoms with E-state index in [9.17, 15) is 9.59 Å². The second kappa shape index (κ2) is 10.8. The Morgan fingerprint density at radius 2 is 1.73 bits per heavy atom. The highest BCUT2D eigenvalue weighted by atomic mass is 16.5. The Morgan fingerprint density at radius 3 is 2.40 bits per heavy atom. The lowest BCUT2D eigenvalue weighted by atomic mass is 9.97. The van der Waals surface area contributed by atoms with Crippen LogP contribution in [0.1, 0.15) is 56.3 Å². The van der Waals surface area contributed by atoms with Crippen LogP contribution in [0.15, 0.2) is 36.9 Å². The number of aryl methyl sites for hydroxylation is 1. The van der Waals surface area contributed by atoms with Crippen LogP contribution < -0.4 is 10.1 Å². The number of unbranched alkanes of at least 4 members (excludes halogenated alkanes) is 1. The first-order valence-corrected chi connectivity index (χ1v) is 10.7. The predicted molar refractivity (Wildman–Crippen MR) is 113 cm³/mol. The minimum atomic E-state index is -0.113. The lowest BCUT2D eigenvalue weighted by Crippen LogP contribution is -2.49. The summed E-state index contributed by atoms with van der Waals surface area (Å²) in [6.45, 7) is 5.65. The second-order valence-corrected chi connectivity index (χ2v) is 7.91. The Labute approximate surface area is 177 Å². The maximum absolute atomic E-state index is 12.5. The fourth-order valence-electron chi connectivity index (χ4n) is 3.90. The van der Waals surface area contributed by atoms with E-state index < -0.39 is 0 Å². The number of nitrogens with zero attached hydrogens (tertiary/aromatic N) is 4. The molecule has 3 rings (SSSR count). The zero-order chi connectivity index (χ0) is 21.3. The highest BCUT2D eigenvalue weighted by Crippen LogP contribution is 2.23. The van der Waals surface area contributed by atoms with Crippen LogP contribution in [-0.2, 0) is 11.3 Å². The van der Waals surface area contributed by atoms with E-state index in [1.165, 1.54) is 6.42 Å². The molecule has 0 radical (unpaired) electrons. The average Bonchev–Trinajstić information content (AvgIpc) is 3.25. The molecule has 1 aromatic heterocycles. The Morgan fingerprint density at radius 1 is 1.07 bits per heavy atom. The van der Waals surface area contributed by atoms with Gasteiger partial charge in [0.1, 0.15) is 18.4 Å². The summed E-state index contributed by atoms with van der Waals surface area (Å²) < 4.78 is 7.58. The Hall–Kier alpha value is -2.90. The highest BCUT2D eigenvalue weighted by Gasteiger charge is 2.28. The van der Waals surface area contributed by atoms with Crippen molar-refractivity contribution in [2.24, 2.45) is 0 Å². The van der Waals surface area contributed by atoms with Gasteiger partial charge in [-0.05, 0) is 70.2 Å². The molecule has 8 nitrogen and oxygen atoms in total. The first-order valence-electron chi connectivity index (χ1n) is 10.7. The van der Waals surface area contributed by atoms with Crippen molar-refractivity contribution < 1.29 is 14.3 Å². The molecule has 0 saturated carbocycles. The largest absolute Gasteiger partial charge is 0.484 e. The van der Waals surface area contributed by atoms with Gasteiger partial charge in [0.2, 0.25) is 0 Å². The van der Waals surface area contributed by atoms with Crippen molar-refractivity contribution in [2.75, 3.05) is 13.2 Å². The van der Waals surface area contributed by atoms with E-state index in [0.717, 1.165) is 32.2 Å². The number of likely N-dealkylation sites (tertiary alicyclic amines) is 1. The summed E-state index contributed by atoms with van der Waals surface area (Å²) in [6, 6.07) is 7.42. The zero-order valence-electron chi connectivity index (χ0n) is 17.8. The average molecular weight is 414 g/mol. The molecule has 2 atom stereocenters. The Bertz CT molecular complexity index is 797. The fraction of sp³-hybridized carbons (Fsp3) is 0.545. The van der Waals surface area contributed by atoms with Crippen LogP contribution in [0.3, 0.4) is 0 Å². The third-order valence-electron chi connectivity index (χ3n) is 5.56. The van der Waals surface area contributed by atoms with E-state index >= 15 is 0 Å². The highest BCUT2D eigenvalue weighted by molar-refractivity contribution is 5.94. The van der Waals surface area contributed by atoms with Crippen LogP contribution in [0, 0.1) is 0 Å². The molecule has 1 fully saturated rings. The molecule has 2 amide bonds. The SMILES string of the molecule is C[C@H]1CCC[C@H](C)N1C(=O)COc1ccc(C(=O)NCCCCn2cnnc2)cc1. The first-order chi connectivity index (χ1) is 14.5. The molecule has 1 N–H and O–H groups in total. The molecule has 8 heteroatoms. The van der Waals surface area contributed by atoms with Gasteiger partial charge in [-0.1, -0.05) is 0 Å². The minimum Gasteiger partial charge on any atom is -0.484 e. The zero-order valence-corrected chi connectivity index (χ0v) is 17.8. The molecule has 0 unspecified atom stereocenters. The lowest BCUT2D eigenvalue weighted by molar-refractivity contribution is -0.139. The number of nitrogens with one attached hydrogen (secondary N) is 1. The van der Waals surface area contributed by atoms with Gasteiger partial charge in [0, 0.05) is 30.7 Å². The van der Waals surface area contributed by atoms with Crippen molar-refractivity contribution >= 4 is 11.8 Å². The molecular formula is C22H31N5O3. The lowest BCUT2D eigenvalue weighted by Gasteiger charge is -2.38. The van der Waals surface area contributed by atoms with Crippen LogP contribution >= 0.6 is 0 Å². The molecule has 1 saturated heterocycles. The summed E-state index contributed by atoms with van der Waals surface area (Å²) in [7, 11) is 0. The maximum Gasteiger partial charge on any atom is 0.260 e. The summed E-state index contributed by atoms with van der Waals surface area (Å²) in [6.07, 6.45) is 8.43. The van der Waals surface area contributed by atoms with Crippen molar-refractivity contribution in [3.05, 3.63) is 42.5 Å². The van der Waals surface area contributed by atoms with Crippen molar-refractivity contribution in [1.29, 1.82) is 0 Å². The van der Waals surface area contributed by atoms with Gasteiger partial charge in [0.15, 0.2) is 6.61 Å². The number of benzene rings is 1. The van der Waals surface area contributed by atoms with Crippen LogP contribution in [0.25, 0.3) is 0 Å². The van der Waals surface area contributed by atoms with Gasteiger partial charge in [0.05, 0.1) is 0 Å². The maximum atomic E-state index is 12.5. The van der Waals surface area contributed by atoms with Crippen LogP contribution in [0.5, 0.6) is 5.75 Å². The van der Waals surface area contributed by atoms with E-state index in [1.54, 1.807) is 36.9 Å². The van der Waals surface area contributed by atoms with Gasteiger partial charge < -0.3 is 19.5 Å². The van der Waals surface area contributed by atoms with Gasteiger partial charge in [-0.25, -0.2) is 0 Å². The van der Waals surface area contributed by atoms with E-state index in [0.29, 0.717) is 17.9 Å². The normalized spacial score (nSPS) is 18.8. The summed E-state index contributed by atoms with van der Waals surface area (Å²) in [5.41, 5.74) is 0.575. The van der Waals surface area contributed by atoms with Gasteiger partial charge >= 0.3 is 0 Å². The third kappa shape index (κ3) is 6.05. The standard InChI is InChI=1S/C22H31N5O3/c1-17-6-5-7-18(2)27(17)21(28)14-30-20-10-8-19(9-11-20)22(29)23-12-3-4-13-26-15-24-25-16-26/h8-11,15-18H,3-7,12-14H2,1-2H3,(H,23,29)/t17-,18-/m0/s1. The number of aromatic nitrogens is 3. The third-order valence-corrected chi connectivity index (χ3v) is 5.56. The van der Waals surface area contributed by atoms with Crippen molar-refractivity contribution in [3.8, 4) is 5.75 Å². The van der Waals surface area contributed by atoms with Gasteiger partial charge in [0.25, 0.3) is 11.8 Å². The van der Waals surface area contributed by atoms with Crippen LogP contribution in [0.2, 0.25) is 0 Å². The minimum absolute atomic E-state index is 0.0167. The molecule has 2 aromatic rings. The number of carbonyl (C=O) groups is 2. The number of hydrogen-bond donors (Lipinski definition) is 1. The topological polar surface area (TPSA) is 89.4 Å². The molecule has 1 aromatic carbocycles. The van der Waals surface area contributed by atoms with Gasteiger partial charge in [-0.3, -0.25) is 9.59 Å². The molecule has 1 aliphatic heterocycles. The molecule has 1 aliphatic rings. The Balaban J connectivity index is 1.38. The summed E-state index contributed by atoms with van der Waals surface area (Å²) in [4.78, 5) is 26.7. The molecule has 2 heterocycles. The number of ether oxygens (including phenoxy) is 1. The van der Waals surface area contributed by atoms with Crippen molar-refractivity contribution in [2.45, 2.75) is 64.6 Å². The number of piperidine rings is 1. The Kier molecular flexibility index (Phi) is 7.82. The van der Waals surface area contributed by atoms with Crippen LogP contribution in [0.4, 0.5) is 0 Å². The van der Waals surface area contributed by atoms with Crippen LogP contribution in [-0.4, -0.2) is 56.7 Å². The van der Waals surface area contributed by atoms with Crippen molar-refractivity contribution in [1.82, 2.24) is 25.0 Å². The number of amides is 2. The molecule has 0 aliphatic carbocycles. The van der Waals surface area contributed by atoms with Gasteiger partial charge in [-0.15, -0.1) is 10.2 Å².